The lowest BCUT2D eigenvalue weighted by molar-refractivity contribution is -0.152. The Balaban J connectivity index is 3.05. The molecule has 0 spiro atoms. The average Bonchev–Trinajstić information content (AvgIpc) is 2.46. The maximum absolute atomic E-state index is 12.8. The van der Waals surface area contributed by atoms with Gasteiger partial charge in [-0.3, -0.25) is 4.79 Å². The molecule has 0 aromatic heterocycles. The van der Waals surface area contributed by atoms with Crippen LogP contribution in [0.1, 0.15) is 39.2 Å². The first-order chi connectivity index (χ1) is 10.2. The summed E-state index contributed by atoms with van der Waals surface area (Å²) >= 11 is 3.38. The number of carboxylic acids is 1. The molecule has 1 aromatic carbocycles. The second kappa shape index (κ2) is 7.88. The first-order valence-corrected chi connectivity index (χ1v) is 8.33. The van der Waals surface area contributed by atoms with Crippen LogP contribution in [-0.4, -0.2) is 22.4 Å². The summed E-state index contributed by atoms with van der Waals surface area (Å²) in [6.45, 7) is 5.33. The molecule has 5 heteroatoms. The van der Waals surface area contributed by atoms with Crippen LogP contribution >= 0.6 is 15.9 Å². The lowest BCUT2D eigenvalue weighted by atomic mass is 9.75. The molecule has 2 atom stereocenters. The molecule has 0 saturated heterocycles. The van der Waals surface area contributed by atoms with Crippen LogP contribution in [0.4, 0.5) is 0 Å². The van der Waals surface area contributed by atoms with Gasteiger partial charge in [0.1, 0.15) is 0 Å². The first kappa shape index (κ1) is 18.8. The van der Waals surface area contributed by atoms with E-state index in [1.54, 1.807) is 13.8 Å². The summed E-state index contributed by atoms with van der Waals surface area (Å²) in [7, 11) is 0. The maximum atomic E-state index is 12.8. The van der Waals surface area contributed by atoms with Gasteiger partial charge in [-0.2, -0.15) is 0 Å². The van der Waals surface area contributed by atoms with Gasteiger partial charge in [-0.25, -0.2) is 4.79 Å². The number of hydrogen-bond acceptors (Lipinski definition) is 3. The molecule has 0 bridgehead atoms. The second-order valence-corrected chi connectivity index (χ2v) is 6.92. The zero-order valence-electron chi connectivity index (χ0n) is 13.3. The molecule has 4 nitrogen and oxygen atoms in total. The van der Waals surface area contributed by atoms with E-state index < -0.39 is 17.4 Å². The second-order valence-electron chi connectivity index (χ2n) is 6.01. The molecule has 0 aliphatic carbocycles. The molecule has 0 amide bonds. The molecule has 0 saturated carbocycles. The van der Waals surface area contributed by atoms with Gasteiger partial charge in [0.05, 0.1) is 0 Å². The summed E-state index contributed by atoms with van der Waals surface area (Å²) < 4.78 is 0.968. The lowest BCUT2D eigenvalue weighted by Crippen LogP contribution is -2.61. The van der Waals surface area contributed by atoms with Crippen molar-refractivity contribution in [2.24, 2.45) is 17.6 Å². The molecular formula is C17H24BrNO3. The smallest absolute Gasteiger partial charge is 0.331 e. The Labute approximate surface area is 140 Å². The quantitative estimate of drug-likeness (QED) is 0.687. The Kier molecular flexibility index (Phi) is 6.75. The Hall–Kier alpha value is -1.20. The van der Waals surface area contributed by atoms with Gasteiger partial charge in [0.25, 0.3) is 0 Å². The minimum absolute atomic E-state index is 0.375. The summed E-state index contributed by atoms with van der Waals surface area (Å²) in [5.74, 6) is -2.46. The van der Waals surface area contributed by atoms with E-state index in [4.69, 9.17) is 5.73 Å². The number of hydrogen-bond donors (Lipinski definition) is 2. The number of ketones is 1. The normalized spacial score (nSPS) is 15.4. The van der Waals surface area contributed by atoms with Crippen LogP contribution < -0.4 is 5.73 Å². The number of rotatable bonds is 8. The maximum Gasteiger partial charge on any atom is 0.331 e. The van der Waals surface area contributed by atoms with E-state index in [-0.39, 0.29) is 11.7 Å². The van der Waals surface area contributed by atoms with Crippen molar-refractivity contribution in [1.29, 1.82) is 0 Å². The first-order valence-electron chi connectivity index (χ1n) is 7.54. The number of benzene rings is 1. The zero-order valence-corrected chi connectivity index (χ0v) is 14.9. The SMILES string of the molecule is CCCC(Cc1ccc(Br)cc1)C(=O)[C@](N)(C(=O)O)C(C)C. The van der Waals surface area contributed by atoms with Crippen LogP contribution in [0.2, 0.25) is 0 Å². The molecule has 1 rings (SSSR count). The Bertz CT molecular complexity index is 527. The Morgan fingerprint density at radius 1 is 1.27 bits per heavy atom. The van der Waals surface area contributed by atoms with E-state index in [9.17, 15) is 14.7 Å². The van der Waals surface area contributed by atoms with Crippen molar-refractivity contribution in [2.75, 3.05) is 0 Å². The van der Waals surface area contributed by atoms with Crippen molar-refractivity contribution in [3.05, 3.63) is 34.3 Å². The molecule has 0 aliphatic rings. The summed E-state index contributed by atoms with van der Waals surface area (Å²) in [5, 5.41) is 9.44. The number of Topliss-reactive ketones (excluding diaryl/α,β-unsaturated/α-hetero) is 1. The van der Waals surface area contributed by atoms with Gasteiger partial charge in [0.2, 0.25) is 0 Å². The van der Waals surface area contributed by atoms with Crippen molar-refractivity contribution >= 4 is 27.7 Å². The molecule has 0 fully saturated rings. The van der Waals surface area contributed by atoms with Crippen LogP contribution in [-0.2, 0) is 16.0 Å². The highest BCUT2D eigenvalue weighted by atomic mass is 79.9. The Morgan fingerprint density at radius 3 is 2.23 bits per heavy atom. The zero-order chi connectivity index (χ0) is 16.9. The van der Waals surface area contributed by atoms with E-state index in [2.05, 4.69) is 15.9 Å². The van der Waals surface area contributed by atoms with Gasteiger partial charge in [0, 0.05) is 10.4 Å². The Morgan fingerprint density at radius 2 is 1.82 bits per heavy atom. The summed E-state index contributed by atoms with van der Waals surface area (Å²) in [4.78, 5) is 24.4. The topological polar surface area (TPSA) is 80.4 Å². The standard InChI is InChI=1S/C17H24BrNO3/c1-4-5-13(10-12-6-8-14(18)9-7-12)15(20)17(19,11(2)3)16(21)22/h6-9,11,13H,4-5,10,19H2,1-3H3,(H,21,22)/t13?,17-/m0/s1. The lowest BCUT2D eigenvalue weighted by Gasteiger charge is -2.31. The van der Waals surface area contributed by atoms with Crippen molar-refractivity contribution < 1.29 is 14.7 Å². The number of aliphatic carboxylic acids is 1. The number of carbonyl (C=O) groups excluding carboxylic acids is 1. The third kappa shape index (κ3) is 4.17. The van der Waals surface area contributed by atoms with E-state index in [1.807, 2.05) is 31.2 Å². The third-order valence-corrected chi connectivity index (χ3v) is 4.60. The molecule has 22 heavy (non-hydrogen) atoms. The monoisotopic (exact) mass is 369 g/mol. The predicted octanol–water partition coefficient (Wildman–Crippen LogP) is 3.42. The largest absolute Gasteiger partial charge is 0.480 e. The highest BCUT2D eigenvalue weighted by molar-refractivity contribution is 9.10. The molecule has 0 aliphatic heterocycles. The van der Waals surface area contributed by atoms with Crippen molar-refractivity contribution in [3.8, 4) is 0 Å². The summed E-state index contributed by atoms with van der Waals surface area (Å²) in [6, 6.07) is 7.71. The molecule has 0 heterocycles. The van der Waals surface area contributed by atoms with Gasteiger partial charge < -0.3 is 10.8 Å². The fraction of sp³-hybridized carbons (Fsp3) is 0.529. The van der Waals surface area contributed by atoms with Crippen molar-refractivity contribution in [2.45, 2.75) is 45.6 Å². The summed E-state index contributed by atoms with van der Waals surface area (Å²) in [6.07, 6.45) is 1.95. The molecular weight excluding hydrogens is 346 g/mol. The minimum atomic E-state index is -1.82. The molecule has 1 unspecified atom stereocenters. The van der Waals surface area contributed by atoms with Crippen LogP contribution in [0.3, 0.4) is 0 Å². The fourth-order valence-corrected chi connectivity index (χ4v) is 2.82. The molecule has 122 valence electrons. The number of nitrogens with two attached hydrogens (primary N) is 1. The molecule has 1 aromatic rings. The van der Waals surface area contributed by atoms with Crippen LogP contribution in [0, 0.1) is 11.8 Å². The van der Waals surface area contributed by atoms with Crippen LogP contribution in [0.15, 0.2) is 28.7 Å². The van der Waals surface area contributed by atoms with E-state index >= 15 is 0 Å². The van der Waals surface area contributed by atoms with Gasteiger partial charge in [-0.05, 0) is 36.5 Å². The predicted molar refractivity (Wildman–Crippen MR) is 90.6 cm³/mol. The van der Waals surface area contributed by atoms with Crippen molar-refractivity contribution in [1.82, 2.24) is 0 Å². The van der Waals surface area contributed by atoms with E-state index in [0.29, 0.717) is 12.8 Å². The highest BCUT2D eigenvalue weighted by Gasteiger charge is 2.47. The third-order valence-electron chi connectivity index (χ3n) is 4.08. The average molecular weight is 370 g/mol. The van der Waals surface area contributed by atoms with Crippen molar-refractivity contribution in [3.63, 3.8) is 0 Å². The van der Waals surface area contributed by atoms with Gasteiger partial charge in [-0.1, -0.05) is 55.3 Å². The molecule has 0 radical (unpaired) electrons. The minimum Gasteiger partial charge on any atom is -0.480 e. The number of carboxylic acid groups (broad SMARTS) is 1. The number of carbonyl (C=O) groups is 2. The van der Waals surface area contributed by atoms with E-state index in [1.165, 1.54) is 0 Å². The summed E-state index contributed by atoms with van der Waals surface area (Å²) in [5.41, 5.74) is 5.16. The fourth-order valence-electron chi connectivity index (χ4n) is 2.55. The molecule has 3 N–H and O–H groups in total. The van der Waals surface area contributed by atoms with E-state index in [0.717, 1.165) is 16.5 Å². The van der Waals surface area contributed by atoms with Crippen LogP contribution in [0.25, 0.3) is 0 Å². The number of halogens is 1. The van der Waals surface area contributed by atoms with Gasteiger partial charge in [-0.15, -0.1) is 0 Å². The van der Waals surface area contributed by atoms with Gasteiger partial charge in [0.15, 0.2) is 11.3 Å². The van der Waals surface area contributed by atoms with Crippen LogP contribution in [0.5, 0.6) is 0 Å². The highest BCUT2D eigenvalue weighted by Crippen LogP contribution is 2.26. The van der Waals surface area contributed by atoms with Gasteiger partial charge >= 0.3 is 5.97 Å².